The summed E-state index contributed by atoms with van der Waals surface area (Å²) in [5, 5.41) is 5.72. The van der Waals surface area contributed by atoms with Crippen LogP contribution in [0.3, 0.4) is 0 Å². The summed E-state index contributed by atoms with van der Waals surface area (Å²) >= 11 is 0. The van der Waals surface area contributed by atoms with Gasteiger partial charge in [-0.15, -0.1) is 0 Å². The Morgan fingerprint density at radius 1 is 1.14 bits per heavy atom. The molecule has 0 aliphatic heterocycles. The summed E-state index contributed by atoms with van der Waals surface area (Å²) in [5.74, 6) is -1.32. The number of nitrogens with one attached hydrogen (secondary N) is 2. The van der Waals surface area contributed by atoms with Crippen LogP contribution in [0.1, 0.15) is 24.5 Å². The van der Waals surface area contributed by atoms with E-state index < -0.39 is 11.6 Å². The van der Waals surface area contributed by atoms with Crippen LogP contribution >= 0.6 is 0 Å². The molecule has 0 aliphatic rings. The number of aryl methyl sites for hydroxylation is 1. The second-order valence-electron chi connectivity index (χ2n) is 4.73. The van der Waals surface area contributed by atoms with Crippen molar-refractivity contribution < 1.29 is 8.78 Å². The Morgan fingerprint density at radius 2 is 1.86 bits per heavy atom. The van der Waals surface area contributed by atoms with E-state index in [4.69, 9.17) is 0 Å². The molecule has 2 heterocycles. The topological polar surface area (TPSA) is 49.8 Å². The van der Waals surface area contributed by atoms with Gasteiger partial charge in [-0.1, -0.05) is 6.92 Å². The molecule has 0 saturated carbocycles. The van der Waals surface area contributed by atoms with Gasteiger partial charge in [0, 0.05) is 31.5 Å². The molecule has 2 N–H and O–H groups in total. The van der Waals surface area contributed by atoms with Crippen LogP contribution in [0.15, 0.2) is 24.5 Å². The van der Waals surface area contributed by atoms with Crippen molar-refractivity contribution in [3.63, 3.8) is 0 Å². The molecule has 2 aromatic heterocycles. The van der Waals surface area contributed by atoms with E-state index in [0.717, 1.165) is 23.6 Å². The number of anilines is 2. The highest BCUT2D eigenvalue weighted by molar-refractivity contribution is 5.48. The summed E-state index contributed by atoms with van der Waals surface area (Å²) in [7, 11) is 0. The molecule has 21 heavy (non-hydrogen) atoms. The fraction of sp³-hybridized carbons (Fsp3) is 0.333. The molecule has 0 amide bonds. The first-order valence-corrected chi connectivity index (χ1v) is 6.85. The van der Waals surface area contributed by atoms with Gasteiger partial charge >= 0.3 is 0 Å². The molecule has 2 aromatic rings. The molecule has 112 valence electrons. The van der Waals surface area contributed by atoms with Crippen molar-refractivity contribution in [2.75, 3.05) is 17.2 Å². The summed E-state index contributed by atoms with van der Waals surface area (Å²) in [5.41, 5.74) is 1.98. The predicted molar refractivity (Wildman–Crippen MR) is 79.2 cm³/mol. The van der Waals surface area contributed by atoms with Crippen LogP contribution in [0.4, 0.5) is 20.4 Å². The van der Waals surface area contributed by atoms with Crippen molar-refractivity contribution in [1.29, 1.82) is 0 Å². The van der Waals surface area contributed by atoms with Gasteiger partial charge in [0.1, 0.15) is 0 Å². The molecule has 0 aliphatic carbocycles. The van der Waals surface area contributed by atoms with Gasteiger partial charge in [0.25, 0.3) is 0 Å². The van der Waals surface area contributed by atoms with E-state index in [2.05, 4.69) is 20.6 Å². The van der Waals surface area contributed by atoms with Crippen molar-refractivity contribution in [3.05, 3.63) is 47.3 Å². The third-order valence-corrected chi connectivity index (χ3v) is 3.07. The molecule has 0 radical (unpaired) electrons. The summed E-state index contributed by atoms with van der Waals surface area (Å²) in [6.45, 7) is 4.86. The van der Waals surface area contributed by atoms with Crippen LogP contribution in [-0.4, -0.2) is 16.5 Å². The number of aromatic nitrogens is 2. The van der Waals surface area contributed by atoms with E-state index in [1.165, 1.54) is 0 Å². The van der Waals surface area contributed by atoms with Gasteiger partial charge in [-0.3, -0.25) is 4.98 Å². The molecule has 0 saturated heterocycles. The molecule has 0 aromatic carbocycles. The number of pyridine rings is 2. The largest absolute Gasteiger partial charge is 0.368 e. The highest BCUT2D eigenvalue weighted by atomic mass is 19.1. The van der Waals surface area contributed by atoms with Crippen molar-refractivity contribution in [1.82, 2.24) is 9.97 Å². The average molecular weight is 292 g/mol. The Kier molecular flexibility index (Phi) is 5.03. The van der Waals surface area contributed by atoms with Crippen molar-refractivity contribution in [2.24, 2.45) is 0 Å². The number of halogens is 2. The van der Waals surface area contributed by atoms with Gasteiger partial charge in [-0.05, 0) is 30.5 Å². The minimum absolute atomic E-state index is 0.0262. The van der Waals surface area contributed by atoms with Gasteiger partial charge < -0.3 is 10.6 Å². The summed E-state index contributed by atoms with van der Waals surface area (Å²) < 4.78 is 27.3. The Morgan fingerprint density at radius 3 is 2.52 bits per heavy atom. The zero-order valence-electron chi connectivity index (χ0n) is 12.1. The van der Waals surface area contributed by atoms with Crippen LogP contribution in [0.2, 0.25) is 0 Å². The highest BCUT2D eigenvalue weighted by Crippen LogP contribution is 2.20. The smallest absolute Gasteiger partial charge is 0.168 e. The Hall–Kier alpha value is -2.24. The number of nitrogens with zero attached hydrogens (tertiary/aromatic N) is 2. The molecule has 4 nitrogen and oxygen atoms in total. The molecule has 2 rings (SSSR count). The quantitative estimate of drug-likeness (QED) is 0.855. The summed E-state index contributed by atoms with van der Waals surface area (Å²) in [4.78, 5) is 7.99. The standard InChI is InChI=1S/C15H18F2N4/c1-3-5-19-14-12(16)7-13(17)15(21-14)20-9-11-8-18-6-4-10(11)2/h4,6-8H,3,5,9H2,1-2H3,(H2,19,20,21). The number of rotatable bonds is 6. The maximum atomic E-state index is 13.7. The van der Waals surface area contributed by atoms with Crippen LogP contribution in [0, 0.1) is 18.6 Å². The van der Waals surface area contributed by atoms with Crippen LogP contribution in [-0.2, 0) is 6.54 Å². The zero-order valence-corrected chi connectivity index (χ0v) is 12.1. The lowest BCUT2D eigenvalue weighted by atomic mass is 10.1. The molecule has 0 unspecified atom stereocenters. The van der Waals surface area contributed by atoms with Crippen molar-refractivity contribution >= 4 is 11.6 Å². The fourth-order valence-corrected chi connectivity index (χ4v) is 1.82. The maximum Gasteiger partial charge on any atom is 0.168 e. The van der Waals surface area contributed by atoms with E-state index in [1.54, 1.807) is 12.4 Å². The van der Waals surface area contributed by atoms with Gasteiger partial charge in [-0.25, -0.2) is 13.8 Å². The lowest BCUT2D eigenvalue weighted by Crippen LogP contribution is -2.10. The minimum atomic E-state index is -0.712. The van der Waals surface area contributed by atoms with Crippen LogP contribution in [0.25, 0.3) is 0 Å². The first kappa shape index (κ1) is 15.2. The second-order valence-corrected chi connectivity index (χ2v) is 4.73. The van der Waals surface area contributed by atoms with E-state index >= 15 is 0 Å². The zero-order chi connectivity index (χ0) is 15.2. The number of hydrogen-bond donors (Lipinski definition) is 2. The van der Waals surface area contributed by atoms with Gasteiger partial charge in [-0.2, -0.15) is 0 Å². The molecule has 0 spiro atoms. The molecule has 6 heteroatoms. The first-order chi connectivity index (χ1) is 10.1. The lowest BCUT2D eigenvalue weighted by Gasteiger charge is -2.11. The third kappa shape index (κ3) is 3.87. The molecular weight excluding hydrogens is 274 g/mol. The summed E-state index contributed by atoms with van der Waals surface area (Å²) in [6, 6.07) is 2.71. The molecule has 0 fully saturated rings. The van der Waals surface area contributed by atoms with Crippen molar-refractivity contribution in [2.45, 2.75) is 26.8 Å². The van der Waals surface area contributed by atoms with Crippen LogP contribution < -0.4 is 10.6 Å². The van der Waals surface area contributed by atoms with E-state index in [-0.39, 0.29) is 11.6 Å². The Balaban J connectivity index is 2.14. The normalized spacial score (nSPS) is 10.5. The Bertz CT molecular complexity index is 617. The van der Waals surface area contributed by atoms with Gasteiger partial charge in [0.15, 0.2) is 23.3 Å². The molecule has 0 bridgehead atoms. The van der Waals surface area contributed by atoms with E-state index in [9.17, 15) is 8.78 Å². The maximum absolute atomic E-state index is 13.7. The first-order valence-electron chi connectivity index (χ1n) is 6.85. The van der Waals surface area contributed by atoms with Gasteiger partial charge in [0.05, 0.1) is 0 Å². The molecular formula is C15H18F2N4. The van der Waals surface area contributed by atoms with Gasteiger partial charge in [0.2, 0.25) is 0 Å². The lowest BCUT2D eigenvalue weighted by molar-refractivity contribution is 0.577. The van der Waals surface area contributed by atoms with E-state index in [1.807, 2.05) is 19.9 Å². The summed E-state index contributed by atoms with van der Waals surface area (Å²) in [6.07, 6.45) is 4.23. The monoisotopic (exact) mass is 292 g/mol. The number of hydrogen-bond acceptors (Lipinski definition) is 4. The van der Waals surface area contributed by atoms with Crippen LogP contribution in [0.5, 0.6) is 0 Å². The Labute approximate surface area is 122 Å². The average Bonchev–Trinajstić information content (AvgIpc) is 2.47. The second kappa shape index (κ2) is 6.97. The predicted octanol–water partition coefficient (Wildman–Crippen LogP) is 3.50. The third-order valence-electron chi connectivity index (χ3n) is 3.07. The fourth-order valence-electron chi connectivity index (χ4n) is 1.82. The molecule has 0 atom stereocenters. The highest BCUT2D eigenvalue weighted by Gasteiger charge is 2.11. The van der Waals surface area contributed by atoms with Crippen molar-refractivity contribution in [3.8, 4) is 0 Å². The van der Waals surface area contributed by atoms with E-state index in [0.29, 0.717) is 13.1 Å². The minimum Gasteiger partial charge on any atom is -0.368 e. The SMILES string of the molecule is CCCNc1nc(NCc2cnccc2C)c(F)cc1F.